The minimum Gasteiger partial charge on any atom is -0.309 e. The molecule has 1 aliphatic carbocycles. The van der Waals surface area contributed by atoms with Gasteiger partial charge in [-0.15, -0.1) is 0 Å². The molecule has 264 valence electrons. The van der Waals surface area contributed by atoms with Crippen molar-refractivity contribution in [2.45, 2.75) is 26.2 Å². The largest absolute Gasteiger partial charge is 0.309 e. The Morgan fingerprint density at radius 1 is 0.545 bits per heavy atom. The maximum Gasteiger partial charge on any atom is 0.0546 e. The van der Waals surface area contributed by atoms with Crippen LogP contribution in [0.25, 0.3) is 60.5 Å². The molecule has 0 aromatic heterocycles. The Kier molecular flexibility index (Phi) is 8.64. The number of rotatable bonds is 8. The predicted octanol–water partition coefficient (Wildman–Crippen LogP) is 15.2. The standard InChI is InChI=1S/C54H43N/c1-5-7-19-37(6-2)45-28-17-23-39-24-18-29-46(53(39)45)41-34-40-22-11-12-26-44(40)52(35-41)55(51-31-16-14-25-43(51)38-20-9-8-10-21-38)42-32-33-48-47-27-13-15-30-49(47)54(3,4)50(48)36-42/h5-36H,2H2,1,3-4H3/b7-5-,37-19+. The Morgan fingerprint density at radius 3 is 2.04 bits per heavy atom. The fraction of sp³-hybridized carbons (Fsp3) is 0.0741. The Morgan fingerprint density at radius 2 is 1.22 bits per heavy atom. The summed E-state index contributed by atoms with van der Waals surface area (Å²) in [5, 5.41) is 4.80. The van der Waals surface area contributed by atoms with Crippen molar-refractivity contribution >= 4 is 44.2 Å². The fourth-order valence-electron chi connectivity index (χ4n) is 8.69. The molecular weight excluding hydrogens is 663 g/mol. The second kappa shape index (κ2) is 13.9. The average Bonchev–Trinajstić information content (AvgIpc) is 3.46. The molecule has 0 saturated heterocycles. The zero-order chi connectivity index (χ0) is 37.5. The van der Waals surface area contributed by atoms with Gasteiger partial charge in [0.1, 0.15) is 0 Å². The average molecular weight is 706 g/mol. The summed E-state index contributed by atoms with van der Waals surface area (Å²) in [6.45, 7) is 11.0. The summed E-state index contributed by atoms with van der Waals surface area (Å²) >= 11 is 0. The van der Waals surface area contributed by atoms with Crippen LogP contribution in [0.15, 0.2) is 201 Å². The number of nitrogens with zero attached hydrogens (tertiary/aromatic N) is 1. The Balaban J connectivity index is 1.35. The molecule has 8 aromatic carbocycles. The minimum absolute atomic E-state index is 0.140. The lowest BCUT2D eigenvalue weighted by molar-refractivity contribution is 0.660. The van der Waals surface area contributed by atoms with Gasteiger partial charge in [0.05, 0.1) is 11.4 Å². The van der Waals surface area contributed by atoms with Crippen LogP contribution in [0, 0.1) is 0 Å². The summed E-state index contributed by atoms with van der Waals surface area (Å²) in [7, 11) is 0. The molecule has 0 fully saturated rings. The number of allylic oxidation sites excluding steroid dienone is 5. The lowest BCUT2D eigenvalue weighted by atomic mass is 9.82. The molecule has 0 amide bonds. The zero-order valence-electron chi connectivity index (χ0n) is 31.6. The molecule has 0 saturated carbocycles. The third-order valence-corrected chi connectivity index (χ3v) is 11.4. The monoisotopic (exact) mass is 705 g/mol. The van der Waals surface area contributed by atoms with Gasteiger partial charge in [0.25, 0.3) is 0 Å². The number of anilines is 3. The van der Waals surface area contributed by atoms with E-state index in [0.717, 1.165) is 28.2 Å². The molecule has 55 heavy (non-hydrogen) atoms. The molecule has 8 aromatic rings. The molecule has 0 heterocycles. The van der Waals surface area contributed by atoms with Crippen LogP contribution < -0.4 is 4.90 Å². The van der Waals surface area contributed by atoms with Gasteiger partial charge in [0.2, 0.25) is 0 Å². The molecule has 0 bridgehead atoms. The maximum absolute atomic E-state index is 4.22. The highest BCUT2D eigenvalue weighted by atomic mass is 15.1. The summed E-state index contributed by atoms with van der Waals surface area (Å²) in [6.07, 6.45) is 8.27. The topological polar surface area (TPSA) is 3.24 Å². The Bertz CT molecular complexity index is 2810. The minimum atomic E-state index is -0.140. The van der Waals surface area contributed by atoms with Gasteiger partial charge in [-0.25, -0.2) is 0 Å². The van der Waals surface area contributed by atoms with Gasteiger partial charge < -0.3 is 4.90 Å². The van der Waals surface area contributed by atoms with Crippen molar-refractivity contribution < 1.29 is 0 Å². The quantitative estimate of drug-likeness (QED) is 0.142. The number of hydrogen-bond acceptors (Lipinski definition) is 1. The molecule has 0 unspecified atom stereocenters. The van der Waals surface area contributed by atoms with Crippen molar-refractivity contribution in [1.82, 2.24) is 0 Å². The van der Waals surface area contributed by atoms with Crippen molar-refractivity contribution in [2.24, 2.45) is 0 Å². The first kappa shape index (κ1) is 34.1. The van der Waals surface area contributed by atoms with Gasteiger partial charge in [-0.05, 0) is 103 Å². The first-order chi connectivity index (χ1) is 27.0. The summed E-state index contributed by atoms with van der Waals surface area (Å²) in [6, 6.07) is 62.4. The summed E-state index contributed by atoms with van der Waals surface area (Å²) in [4.78, 5) is 2.50. The molecule has 0 radical (unpaired) electrons. The van der Waals surface area contributed by atoms with Crippen LogP contribution in [0.5, 0.6) is 0 Å². The number of hydrogen-bond donors (Lipinski definition) is 0. The van der Waals surface area contributed by atoms with Crippen molar-refractivity contribution in [3.8, 4) is 33.4 Å². The lowest BCUT2D eigenvalue weighted by Crippen LogP contribution is -2.17. The highest BCUT2D eigenvalue weighted by Crippen LogP contribution is 2.52. The van der Waals surface area contributed by atoms with E-state index in [1.807, 2.05) is 13.0 Å². The van der Waals surface area contributed by atoms with Crippen LogP contribution >= 0.6 is 0 Å². The highest BCUT2D eigenvalue weighted by Gasteiger charge is 2.36. The summed E-state index contributed by atoms with van der Waals surface area (Å²) < 4.78 is 0. The van der Waals surface area contributed by atoms with E-state index in [1.54, 1.807) is 0 Å². The number of fused-ring (bicyclic) bond motifs is 5. The summed E-state index contributed by atoms with van der Waals surface area (Å²) in [5.74, 6) is 0. The van der Waals surface area contributed by atoms with Gasteiger partial charge in [-0.1, -0.05) is 184 Å². The Labute approximate surface area is 324 Å². The molecule has 1 nitrogen and oxygen atoms in total. The van der Waals surface area contributed by atoms with E-state index in [4.69, 9.17) is 0 Å². The van der Waals surface area contributed by atoms with E-state index in [0.29, 0.717) is 0 Å². The molecule has 0 aliphatic heterocycles. The third kappa shape index (κ3) is 5.81. The first-order valence-electron chi connectivity index (χ1n) is 19.2. The molecule has 0 spiro atoms. The second-order valence-electron chi connectivity index (χ2n) is 14.9. The predicted molar refractivity (Wildman–Crippen MR) is 238 cm³/mol. The van der Waals surface area contributed by atoms with E-state index in [-0.39, 0.29) is 5.41 Å². The SMILES string of the molecule is C=C/C(=C\C=C/C)c1cccc2cccc(-c3cc(N(c4ccc5c(c4)C(C)(C)c4ccccc4-5)c4ccccc4-c4ccccc4)c4ccccc4c3)c12. The third-order valence-electron chi connectivity index (χ3n) is 11.4. The van der Waals surface area contributed by atoms with Gasteiger partial charge >= 0.3 is 0 Å². The van der Waals surface area contributed by atoms with Gasteiger partial charge in [-0.2, -0.15) is 0 Å². The van der Waals surface area contributed by atoms with Gasteiger partial charge in [0, 0.05) is 22.1 Å². The first-order valence-corrected chi connectivity index (χ1v) is 19.2. The van der Waals surface area contributed by atoms with E-state index in [1.165, 1.54) is 66.1 Å². The van der Waals surface area contributed by atoms with E-state index in [2.05, 4.69) is 213 Å². The second-order valence-corrected chi connectivity index (χ2v) is 14.9. The highest BCUT2D eigenvalue weighted by molar-refractivity contribution is 6.09. The van der Waals surface area contributed by atoms with Crippen LogP contribution in [-0.2, 0) is 5.41 Å². The van der Waals surface area contributed by atoms with Crippen molar-refractivity contribution in [3.05, 3.63) is 217 Å². The zero-order valence-corrected chi connectivity index (χ0v) is 31.6. The van der Waals surface area contributed by atoms with E-state index >= 15 is 0 Å². The van der Waals surface area contributed by atoms with Crippen molar-refractivity contribution in [3.63, 3.8) is 0 Å². The normalized spacial score (nSPS) is 13.3. The smallest absolute Gasteiger partial charge is 0.0546 e. The van der Waals surface area contributed by atoms with Gasteiger partial charge in [0.15, 0.2) is 0 Å². The summed E-state index contributed by atoms with van der Waals surface area (Å²) in [5.41, 5.74) is 15.6. The van der Waals surface area contributed by atoms with Crippen LogP contribution in [0.1, 0.15) is 37.5 Å². The molecule has 0 N–H and O–H groups in total. The molecule has 1 aliphatic rings. The molecule has 9 rings (SSSR count). The molecule has 0 atom stereocenters. The molecular formula is C54H43N. The maximum atomic E-state index is 4.22. The lowest BCUT2D eigenvalue weighted by Gasteiger charge is -2.31. The van der Waals surface area contributed by atoms with E-state index < -0.39 is 0 Å². The van der Waals surface area contributed by atoms with Crippen molar-refractivity contribution in [1.29, 1.82) is 0 Å². The number of para-hydroxylation sites is 1. The van der Waals surface area contributed by atoms with Crippen LogP contribution in [0.4, 0.5) is 17.1 Å². The molecule has 1 heteroatoms. The van der Waals surface area contributed by atoms with E-state index in [9.17, 15) is 0 Å². The Hall–Kier alpha value is -6.70. The fourth-order valence-corrected chi connectivity index (χ4v) is 8.69. The van der Waals surface area contributed by atoms with Gasteiger partial charge in [-0.3, -0.25) is 0 Å². The van der Waals surface area contributed by atoms with Crippen LogP contribution in [-0.4, -0.2) is 0 Å². The van der Waals surface area contributed by atoms with Crippen LogP contribution in [0.3, 0.4) is 0 Å². The van der Waals surface area contributed by atoms with Crippen molar-refractivity contribution in [2.75, 3.05) is 4.90 Å². The number of benzene rings is 8. The van der Waals surface area contributed by atoms with Crippen LogP contribution in [0.2, 0.25) is 0 Å².